The lowest BCUT2D eigenvalue weighted by Gasteiger charge is -2.46. The van der Waals surface area contributed by atoms with Crippen molar-refractivity contribution in [1.82, 2.24) is 5.06 Å². The molecule has 0 spiro atoms. The molecule has 1 N–H and O–H groups in total. The summed E-state index contributed by atoms with van der Waals surface area (Å²) in [6.45, 7) is 12.5. The average Bonchev–Trinajstić information content (AvgIpc) is 2.13. The molecule has 0 unspecified atom stereocenters. The van der Waals surface area contributed by atoms with Crippen molar-refractivity contribution in [3.05, 3.63) is 0 Å². The molecule has 0 aromatic rings. The minimum atomic E-state index is -0.257. The normalized spacial score (nSPS) is 13.7. The fourth-order valence-corrected chi connectivity index (χ4v) is 1.51. The molecule has 0 aliphatic heterocycles. The molecule has 0 atom stereocenters. The molecular formula is C11H25NO2. The number of nitrogens with zero attached hydrogens (tertiary/aromatic N) is 1. The van der Waals surface area contributed by atoms with Crippen LogP contribution in [0.5, 0.6) is 0 Å². The quantitative estimate of drug-likeness (QED) is 0.532. The van der Waals surface area contributed by atoms with Gasteiger partial charge in [-0.05, 0) is 40.5 Å². The summed E-state index contributed by atoms with van der Waals surface area (Å²) in [5, 5.41) is 10.8. The Morgan fingerprint density at radius 2 is 1.36 bits per heavy atom. The van der Waals surface area contributed by atoms with E-state index in [1.165, 1.54) is 0 Å². The second-order valence-electron chi connectivity index (χ2n) is 4.88. The van der Waals surface area contributed by atoms with Crippen molar-refractivity contribution in [2.24, 2.45) is 0 Å². The molecule has 3 nitrogen and oxygen atoms in total. The van der Waals surface area contributed by atoms with Crippen LogP contribution in [0.4, 0.5) is 0 Å². The van der Waals surface area contributed by atoms with Gasteiger partial charge in [0.15, 0.2) is 6.79 Å². The van der Waals surface area contributed by atoms with E-state index in [9.17, 15) is 0 Å². The second kappa shape index (κ2) is 5.10. The Labute approximate surface area is 88.0 Å². The zero-order valence-corrected chi connectivity index (χ0v) is 10.4. The van der Waals surface area contributed by atoms with E-state index >= 15 is 0 Å². The Balaban J connectivity index is 4.75. The van der Waals surface area contributed by atoms with Crippen molar-refractivity contribution in [1.29, 1.82) is 0 Å². The van der Waals surface area contributed by atoms with E-state index in [4.69, 9.17) is 9.94 Å². The molecule has 0 fully saturated rings. The summed E-state index contributed by atoms with van der Waals surface area (Å²) < 4.78 is 0. The number of hydrogen-bond donors (Lipinski definition) is 1. The van der Waals surface area contributed by atoms with Gasteiger partial charge in [0.2, 0.25) is 0 Å². The third-order valence-electron chi connectivity index (χ3n) is 3.02. The smallest absolute Gasteiger partial charge is 0.164 e. The van der Waals surface area contributed by atoms with Crippen molar-refractivity contribution < 1.29 is 9.94 Å². The highest BCUT2D eigenvalue weighted by Crippen LogP contribution is 2.30. The SMILES string of the molecule is CCC(C)(C)N(OCO)C(C)(C)CC. The molecule has 0 saturated heterocycles. The maximum atomic E-state index is 8.89. The highest BCUT2D eigenvalue weighted by Gasteiger charge is 2.36. The van der Waals surface area contributed by atoms with Crippen LogP contribution >= 0.6 is 0 Å². The predicted octanol–water partition coefficient (Wildman–Crippen LogP) is 2.55. The third kappa shape index (κ3) is 3.23. The van der Waals surface area contributed by atoms with Gasteiger partial charge in [0.1, 0.15) is 0 Å². The third-order valence-corrected chi connectivity index (χ3v) is 3.02. The first-order valence-electron chi connectivity index (χ1n) is 5.36. The van der Waals surface area contributed by atoms with Gasteiger partial charge in [0, 0.05) is 11.1 Å². The van der Waals surface area contributed by atoms with E-state index in [0.29, 0.717) is 0 Å². The van der Waals surface area contributed by atoms with Crippen molar-refractivity contribution in [3.8, 4) is 0 Å². The van der Waals surface area contributed by atoms with Gasteiger partial charge in [-0.25, -0.2) is 0 Å². The van der Waals surface area contributed by atoms with Gasteiger partial charge in [-0.15, -0.1) is 0 Å². The molecule has 3 heteroatoms. The van der Waals surface area contributed by atoms with E-state index in [-0.39, 0.29) is 17.9 Å². The predicted molar refractivity (Wildman–Crippen MR) is 58.7 cm³/mol. The largest absolute Gasteiger partial charge is 0.369 e. The van der Waals surface area contributed by atoms with Crippen LogP contribution in [0.25, 0.3) is 0 Å². The zero-order valence-electron chi connectivity index (χ0n) is 10.4. The van der Waals surface area contributed by atoms with Gasteiger partial charge in [-0.3, -0.25) is 4.84 Å². The van der Waals surface area contributed by atoms with Crippen molar-refractivity contribution in [2.45, 2.75) is 65.5 Å². The molecule has 0 heterocycles. The van der Waals surface area contributed by atoms with Crippen LogP contribution in [0.1, 0.15) is 54.4 Å². The van der Waals surface area contributed by atoms with Gasteiger partial charge in [0.25, 0.3) is 0 Å². The van der Waals surface area contributed by atoms with E-state index in [1.807, 2.05) is 5.06 Å². The monoisotopic (exact) mass is 203 g/mol. The number of rotatable bonds is 6. The number of aliphatic hydroxyl groups excluding tert-OH is 1. The zero-order chi connectivity index (χ0) is 11.4. The summed E-state index contributed by atoms with van der Waals surface area (Å²) in [4.78, 5) is 5.34. The van der Waals surface area contributed by atoms with Crippen LogP contribution in [0, 0.1) is 0 Å². The van der Waals surface area contributed by atoms with Crippen molar-refractivity contribution >= 4 is 0 Å². The molecule has 0 aliphatic rings. The lowest BCUT2D eigenvalue weighted by Crippen LogP contribution is -2.54. The first-order valence-corrected chi connectivity index (χ1v) is 5.36. The van der Waals surface area contributed by atoms with Crippen LogP contribution in [0.2, 0.25) is 0 Å². The molecule has 0 aliphatic carbocycles. The fourth-order valence-electron chi connectivity index (χ4n) is 1.51. The maximum Gasteiger partial charge on any atom is 0.164 e. The first kappa shape index (κ1) is 13.9. The summed E-state index contributed by atoms with van der Waals surface area (Å²) in [6, 6.07) is 0. The van der Waals surface area contributed by atoms with Gasteiger partial charge < -0.3 is 5.11 Å². The van der Waals surface area contributed by atoms with E-state index in [1.54, 1.807) is 0 Å². The van der Waals surface area contributed by atoms with Crippen LogP contribution in [0.3, 0.4) is 0 Å². The second-order valence-corrected chi connectivity index (χ2v) is 4.88. The Bertz CT molecular complexity index is 151. The van der Waals surface area contributed by atoms with Crippen LogP contribution in [-0.2, 0) is 4.84 Å². The van der Waals surface area contributed by atoms with Crippen LogP contribution in [-0.4, -0.2) is 28.0 Å². The molecule has 0 bridgehead atoms. The number of hydroxylamine groups is 2. The van der Waals surface area contributed by atoms with E-state index < -0.39 is 0 Å². The fraction of sp³-hybridized carbons (Fsp3) is 1.00. The molecule has 0 aromatic carbocycles. The highest BCUT2D eigenvalue weighted by molar-refractivity contribution is 4.85. The summed E-state index contributed by atoms with van der Waals surface area (Å²) >= 11 is 0. The molecule has 0 aromatic heterocycles. The Hall–Kier alpha value is -0.120. The van der Waals surface area contributed by atoms with E-state index in [2.05, 4.69) is 41.5 Å². The summed E-state index contributed by atoms with van der Waals surface area (Å²) in [7, 11) is 0. The van der Waals surface area contributed by atoms with Crippen LogP contribution < -0.4 is 0 Å². The van der Waals surface area contributed by atoms with Crippen molar-refractivity contribution in [2.75, 3.05) is 6.79 Å². The Morgan fingerprint density at radius 1 is 1.00 bits per heavy atom. The molecule has 14 heavy (non-hydrogen) atoms. The number of aliphatic hydroxyl groups is 1. The highest BCUT2D eigenvalue weighted by atomic mass is 16.7. The maximum absolute atomic E-state index is 8.89. The van der Waals surface area contributed by atoms with Gasteiger partial charge in [-0.1, -0.05) is 13.8 Å². The molecule has 0 radical (unpaired) electrons. The lowest BCUT2D eigenvalue weighted by atomic mass is 9.92. The van der Waals surface area contributed by atoms with Crippen LogP contribution in [0.15, 0.2) is 0 Å². The molecular weight excluding hydrogens is 178 g/mol. The Morgan fingerprint density at radius 3 is 1.57 bits per heavy atom. The molecule has 0 amide bonds. The topological polar surface area (TPSA) is 32.7 Å². The minimum absolute atomic E-state index is 0.0533. The standard InChI is InChI=1S/C11H25NO2/c1-7-10(3,4)12(14-9-13)11(5,6)8-2/h13H,7-9H2,1-6H3. The average molecular weight is 203 g/mol. The van der Waals surface area contributed by atoms with E-state index in [0.717, 1.165) is 12.8 Å². The molecule has 86 valence electrons. The lowest BCUT2D eigenvalue weighted by molar-refractivity contribution is -0.297. The summed E-state index contributed by atoms with van der Waals surface area (Å²) in [6.07, 6.45) is 1.97. The molecule has 0 saturated carbocycles. The van der Waals surface area contributed by atoms with Gasteiger partial charge in [-0.2, -0.15) is 5.06 Å². The molecule has 0 rings (SSSR count). The van der Waals surface area contributed by atoms with Gasteiger partial charge >= 0.3 is 0 Å². The number of hydrogen-bond acceptors (Lipinski definition) is 3. The Kier molecular flexibility index (Phi) is 5.06. The van der Waals surface area contributed by atoms with Crippen molar-refractivity contribution in [3.63, 3.8) is 0 Å². The first-order chi connectivity index (χ1) is 6.31. The van der Waals surface area contributed by atoms with Gasteiger partial charge in [0.05, 0.1) is 0 Å². The summed E-state index contributed by atoms with van der Waals surface area (Å²) in [5.41, 5.74) is -0.107. The minimum Gasteiger partial charge on any atom is -0.369 e. The summed E-state index contributed by atoms with van der Waals surface area (Å²) in [5.74, 6) is 0.